The Morgan fingerprint density at radius 1 is 1.45 bits per heavy atom. The van der Waals surface area contributed by atoms with Crippen molar-refractivity contribution in [2.45, 2.75) is 26.8 Å². The summed E-state index contributed by atoms with van der Waals surface area (Å²) >= 11 is 0. The fourth-order valence-electron chi connectivity index (χ4n) is 2.48. The SMILES string of the molecule is COc1cc(-c2nnnn2CC2CC2(C)C)ccc1N. The van der Waals surface area contributed by atoms with Crippen LogP contribution in [0.4, 0.5) is 5.69 Å². The molecule has 2 N–H and O–H groups in total. The van der Waals surface area contributed by atoms with Crippen LogP contribution in [0.3, 0.4) is 0 Å². The minimum atomic E-state index is 0.405. The van der Waals surface area contributed by atoms with E-state index in [0.29, 0.717) is 22.8 Å². The van der Waals surface area contributed by atoms with Crippen molar-refractivity contribution >= 4 is 5.69 Å². The molecule has 1 saturated carbocycles. The van der Waals surface area contributed by atoms with Gasteiger partial charge in [-0.3, -0.25) is 0 Å². The third-order valence-electron chi connectivity index (χ3n) is 4.13. The lowest BCUT2D eigenvalue weighted by atomic mass is 10.1. The molecule has 1 aliphatic carbocycles. The number of rotatable bonds is 4. The van der Waals surface area contributed by atoms with Crippen LogP contribution in [-0.4, -0.2) is 27.3 Å². The molecule has 0 aliphatic heterocycles. The number of nitrogens with zero attached hydrogens (tertiary/aromatic N) is 4. The zero-order valence-electron chi connectivity index (χ0n) is 12.0. The third-order valence-corrected chi connectivity index (χ3v) is 4.13. The number of anilines is 1. The van der Waals surface area contributed by atoms with Gasteiger partial charge < -0.3 is 10.5 Å². The Kier molecular flexibility index (Phi) is 2.88. The molecule has 1 aromatic carbocycles. The molecule has 1 fully saturated rings. The van der Waals surface area contributed by atoms with Crippen molar-refractivity contribution in [1.29, 1.82) is 0 Å². The van der Waals surface area contributed by atoms with E-state index in [1.165, 1.54) is 6.42 Å². The van der Waals surface area contributed by atoms with Gasteiger partial charge in [-0.2, -0.15) is 0 Å². The highest BCUT2D eigenvalue weighted by Gasteiger charge is 2.46. The van der Waals surface area contributed by atoms with Crippen LogP contribution in [0, 0.1) is 11.3 Å². The van der Waals surface area contributed by atoms with Crippen molar-refractivity contribution < 1.29 is 4.74 Å². The van der Waals surface area contributed by atoms with Crippen LogP contribution in [-0.2, 0) is 6.54 Å². The van der Waals surface area contributed by atoms with Gasteiger partial charge in [-0.05, 0) is 46.4 Å². The standard InChI is InChI=1S/C14H19N5O/c1-14(2)7-10(14)8-19-13(16-17-18-19)9-4-5-11(15)12(6-9)20-3/h4-6,10H,7-8,15H2,1-3H3. The first-order valence-electron chi connectivity index (χ1n) is 6.71. The van der Waals surface area contributed by atoms with Gasteiger partial charge in [0.2, 0.25) is 0 Å². The molecule has 1 aliphatic rings. The number of benzene rings is 1. The molecule has 2 aromatic rings. The van der Waals surface area contributed by atoms with Crippen molar-refractivity contribution in [3.05, 3.63) is 18.2 Å². The lowest BCUT2D eigenvalue weighted by molar-refractivity contribution is 0.417. The first kappa shape index (κ1) is 12.9. The summed E-state index contributed by atoms with van der Waals surface area (Å²) < 4.78 is 7.11. The minimum Gasteiger partial charge on any atom is -0.495 e. The van der Waals surface area contributed by atoms with Gasteiger partial charge in [0.25, 0.3) is 0 Å². The first-order chi connectivity index (χ1) is 9.51. The number of hydrogen-bond acceptors (Lipinski definition) is 5. The highest BCUT2D eigenvalue weighted by Crippen LogP contribution is 2.52. The van der Waals surface area contributed by atoms with Crippen LogP contribution in [0.1, 0.15) is 20.3 Å². The molecule has 0 spiro atoms. The molecule has 3 rings (SSSR count). The number of tetrazole rings is 1. The summed E-state index contributed by atoms with van der Waals surface area (Å²) in [5, 5.41) is 12.0. The molecule has 1 unspecified atom stereocenters. The van der Waals surface area contributed by atoms with Crippen molar-refractivity contribution in [2.75, 3.05) is 12.8 Å². The summed E-state index contributed by atoms with van der Waals surface area (Å²) in [6, 6.07) is 5.60. The maximum atomic E-state index is 5.83. The largest absolute Gasteiger partial charge is 0.495 e. The third kappa shape index (κ3) is 2.21. The number of nitrogen functional groups attached to an aromatic ring is 1. The molecule has 1 heterocycles. The Hall–Kier alpha value is -2.11. The van der Waals surface area contributed by atoms with Crippen LogP contribution in [0.25, 0.3) is 11.4 Å². The van der Waals surface area contributed by atoms with Gasteiger partial charge in [-0.15, -0.1) is 5.10 Å². The van der Waals surface area contributed by atoms with Crippen molar-refractivity contribution in [3.63, 3.8) is 0 Å². The molecule has 0 bridgehead atoms. The topological polar surface area (TPSA) is 78.9 Å². The number of aromatic nitrogens is 4. The van der Waals surface area contributed by atoms with Gasteiger partial charge >= 0.3 is 0 Å². The Labute approximate surface area is 117 Å². The van der Waals surface area contributed by atoms with Crippen molar-refractivity contribution in [3.8, 4) is 17.1 Å². The van der Waals surface area contributed by atoms with Gasteiger partial charge in [0.1, 0.15) is 5.75 Å². The summed E-state index contributed by atoms with van der Waals surface area (Å²) in [5.74, 6) is 2.04. The molecule has 0 radical (unpaired) electrons. The Morgan fingerprint density at radius 2 is 2.20 bits per heavy atom. The molecule has 6 heteroatoms. The fourth-order valence-corrected chi connectivity index (χ4v) is 2.48. The second kappa shape index (κ2) is 4.47. The van der Waals surface area contributed by atoms with E-state index >= 15 is 0 Å². The molecule has 1 aromatic heterocycles. The smallest absolute Gasteiger partial charge is 0.182 e. The Bertz CT molecular complexity index is 634. The lowest BCUT2D eigenvalue weighted by Crippen LogP contribution is -2.07. The molecule has 20 heavy (non-hydrogen) atoms. The Balaban J connectivity index is 1.89. The molecular formula is C14H19N5O. The molecule has 0 amide bonds. The maximum Gasteiger partial charge on any atom is 0.182 e. The number of ether oxygens (including phenoxy) is 1. The summed E-state index contributed by atoms with van der Waals surface area (Å²) in [6.07, 6.45) is 1.22. The second-order valence-electron chi connectivity index (χ2n) is 6.03. The summed E-state index contributed by atoms with van der Waals surface area (Å²) in [4.78, 5) is 0. The van der Waals surface area contributed by atoms with Crippen LogP contribution in [0.5, 0.6) is 5.75 Å². The molecule has 106 valence electrons. The highest BCUT2D eigenvalue weighted by atomic mass is 16.5. The van der Waals surface area contributed by atoms with E-state index in [4.69, 9.17) is 10.5 Å². The van der Waals surface area contributed by atoms with Crippen LogP contribution in [0.15, 0.2) is 18.2 Å². The van der Waals surface area contributed by atoms with E-state index in [2.05, 4.69) is 29.4 Å². The molecule has 1 atom stereocenters. The van der Waals surface area contributed by atoms with Gasteiger partial charge in [-0.1, -0.05) is 13.8 Å². The van der Waals surface area contributed by atoms with Crippen LogP contribution in [0.2, 0.25) is 0 Å². The molecular weight excluding hydrogens is 254 g/mol. The van der Waals surface area contributed by atoms with E-state index < -0.39 is 0 Å². The first-order valence-corrected chi connectivity index (χ1v) is 6.71. The predicted octanol–water partition coefficient (Wildman–Crippen LogP) is 1.98. The zero-order valence-corrected chi connectivity index (χ0v) is 12.0. The van der Waals surface area contributed by atoms with Crippen LogP contribution < -0.4 is 10.5 Å². The summed E-state index contributed by atoms with van der Waals surface area (Å²) in [7, 11) is 1.60. The number of hydrogen-bond donors (Lipinski definition) is 1. The van der Waals surface area contributed by atoms with E-state index in [9.17, 15) is 0 Å². The van der Waals surface area contributed by atoms with E-state index in [0.717, 1.165) is 17.9 Å². The fraction of sp³-hybridized carbons (Fsp3) is 0.500. The van der Waals surface area contributed by atoms with Gasteiger partial charge in [-0.25, -0.2) is 4.68 Å². The maximum absolute atomic E-state index is 5.83. The molecule has 0 saturated heterocycles. The lowest BCUT2D eigenvalue weighted by Gasteiger charge is -2.08. The van der Waals surface area contributed by atoms with E-state index in [1.807, 2.05) is 22.9 Å². The average molecular weight is 273 g/mol. The summed E-state index contributed by atoms with van der Waals surface area (Å²) in [6.45, 7) is 5.39. The van der Waals surface area contributed by atoms with Gasteiger partial charge in [0.05, 0.1) is 12.8 Å². The molecule has 6 nitrogen and oxygen atoms in total. The minimum absolute atomic E-state index is 0.405. The quantitative estimate of drug-likeness (QED) is 0.862. The van der Waals surface area contributed by atoms with Gasteiger partial charge in [0, 0.05) is 12.1 Å². The second-order valence-corrected chi connectivity index (χ2v) is 6.03. The van der Waals surface area contributed by atoms with Crippen LogP contribution >= 0.6 is 0 Å². The predicted molar refractivity (Wildman–Crippen MR) is 76.1 cm³/mol. The monoisotopic (exact) mass is 273 g/mol. The van der Waals surface area contributed by atoms with Gasteiger partial charge in [0.15, 0.2) is 5.82 Å². The number of methoxy groups -OCH3 is 1. The highest BCUT2D eigenvalue weighted by molar-refractivity contribution is 5.65. The van der Waals surface area contributed by atoms with Crippen molar-refractivity contribution in [2.24, 2.45) is 11.3 Å². The normalized spacial score (nSPS) is 19.9. The van der Waals surface area contributed by atoms with Crippen molar-refractivity contribution in [1.82, 2.24) is 20.2 Å². The average Bonchev–Trinajstić information content (AvgIpc) is 2.82. The van der Waals surface area contributed by atoms with E-state index in [-0.39, 0.29) is 0 Å². The van der Waals surface area contributed by atoms with E-state index in [1.54, 1.807) is 7.11 Å². The zero-order chi connectivity index (χ0) is 14.3. The Morgan fingerprint density at radius 3 is 2.85 bits per heavy atom. The summed E-state index contributed by atoms with van der Waals surface area (Å²) in [5.41, 5.74) is 7.77. The number of nitrogens with two attached hydrogens (primary N) is 1.